The summed E-state index contributed by atoms with van der Waals surface area (Å²) in [6.07, 6.45) is 5.83. The zero-order chi connectivity index (χ0) is 18.4. The average molecular weight is 388 g/mol. The smallest absolute Gasteiger partial charge is 0.230 e. The summed E-state index contributed by atoms with van der Waals surface area (Å²) in [6.45, 7) is 2.13. The fourth-order valence-corrected chi connectivity index (χ4v) is 4.62. The topological polar surface area (TPSA) is 29.1 Å². The van der Waals surface area contributed by atoms with Gasteiger partial charge in [-0.2, -0.15) is 0 Å². The number of fused-ring (bicyclic) bond motifs is 1. The number of hydrogen-bond donors (Lipinski definition) is 1. The quantitative estimate of drug-likeness (QED) is 0.658. The zero-order valence-corrected chi connectivity index (χ0v) is 16.8. The van der Waals surface area contributed by atoms with Crippen LogP contribution in [0, 0.1) is 0 Å². The minimum absolute atomic E-state index is 0.0895. The Morgan fingerprint density at radius 1 is 1.15 bits per heavy atom. The van der Waals surface area contributed by atoms with Crippen LogP contribution in [-0.2, 0) is 23.4 Å². The van der Waals surface area contributed by atoms with E-state index in [0.29, 0.717) is 5.75 Å². The second-order valence-electron chi connectivity index (χ2n) is 6.85. The molecule has 0 aliphatic heterocycles. The van der Waals surface area contributed by atoms with Gasteiger partial charge in [0.1, 0.15) is 0 Å². The molecule has 1 N–H and O–H groups in total. The number of halogens is 1. The van der Waals surface area contributed by atoms with Crippen molar-refractivity contribution in [3.63, 3.8) is 0 Å². The fourth-order valence-electron chi connectivity index (χ4n) is 3.50. The highest BCUT2D eigenvalue weighted by atomic mass is 35.5. The third-order valence-corrected chi connectivity index (χ3v) is 6.32. The first-order valence-corrected chi connectivity index (χ1v) is 10.9. The van der Waals surface area contributed by atoms with Crippen molar-refractivity contribution < 1.29 is 4.79 Å². The van der Waals surface area contributed by atoms with Crippen LogP contribution in [0.4, 0.5) is 0 Å². The van der Waals surface area contributed by atoms with E-state index < -0.39 is 0 Å². The first kappa shape index (κ1) is 19.3. The van der Waals surface area contributed by atoms with Gasteiger partial charge < -0.3 is 5.32 Å². The molecular formula is C22H26ClNOS. The van der Waals surface area contributed by atoms with Crippen molar-refractivity contribution in [1.82, 2.24) is 5.32 Å². The fraction of sp³-hybridized carbons (Fsp3) is 0.409. The Morgan fingerprint density at radius 2 is 1.92 bits per heavy atom. The number of amides is 1. The summed E-state index contributed by atoms with van der Waals surface area (Å²) in [7, 11) is 0. The van der Waals surface area contributed by atoms with Crippen LogP contribution in [0.1, 0.15) is 54.5 Å². The minimum atomic E-state index is 0.0895. The lowest BCUT2D eigenvalue weighted by atomic mass is 9.89. The highest BCUT2D eigenvalue weighted by Gasteiger charge is 2.16. The average Bonchev–Trinajstić information content (AvgIpc) is 2.67. The number of nitrogens with one attached hydrogen (secondary N) is 1. The van der Waals surface area contributed by atoms with Gasteiger partial charge in [-0.25, -0.2) is 0 Å². The number of carbonyl (C=O) groups is 1. The summed E-state index contributed by atoms with van der Waals surface area (Å²) in [4.78, 5) is 12.4. The van der Waals surface area contributed by atoms with Crippen LogP contribution in [0.2, 0.25) is 5.02 Å². The van der Waals surface area contributed by atoms with Crippen molar-refractivity contribution >= 4 is 29.3 Å². The highest BCUT2D eigenvalue weighted by Crippen LogP contribution is 2.26. The molecule has 1 aliphatic rings. The number of thioether (sulfide) groups is 1. The van der Waals surface area contributed by atoms with Crippen LogP contribution in [0.15, 0.2) is 42.5 Å². The molecule has 1 atom stereocenters. The van der Waals surface area contributed by atoms with E-state index in [0.717, 1.165) is 22.8 Å². The van der Waals surface area contributed by atoms with Crippen molar-refractivity contribution in [3.8, 4) is 0 Å². The first-order chi connectivity index (χ1) is 12.7. The monoisotopic (exact) mass is 387 g/mol. The van der Waals surface area contributed by atoms with Gasteiger partial charge >= 0.3 is 0 Å². The molecule has 3 rings (SSSR count). The van der Waals surface area contributed by atoms with Gasteiger partial charge in [0.25, 0.3) is 0 Å². The van der Waals surface area contributed by atoms with E-state index >= 15 is 0 Å². The molecule has 1 amide bonds. The van der Waals surface area contributed by atoms with Crippen molar-refractivity contribution in [2.75, 3.05) is 5.75 Å². The van der Waals surface area contributed by atoms with Gasteiger partial charge in [-0.3, -0.25) is 4.79 Å². The van der Waals surface area contributed by atoms with Crippen LogP contribution in [0.25, 0.3) is 0 Å². The van der Waals surface area contributed by atoms with Gasteiger partial charge in [-0.15, -0.1) is 11.8 Å². The number of hydrogen-bond acceptors (Lipinski definition) is 2. The maximum absolute atomic E-state index is 12.4. The summed E-state index contributed by atoms with van der Waals surface area (Å²) in [5.74, 6) is 1.29. The van der Waals surface area contributed by atoms with Crippen LogP contribution >= 0.6 is 23.4 Å². The van der Waals surface area contributed by atoms with Gasteiger partial charge in [0.15, 0.2) is 0 Å². The number of rotatable bonds is 7. The molecule has 0 saturated carbocycles. The van der Waals surface area contributed by atoms with Crippen molar-refractivity contribution in [3.05, 3.63) is 69.7 Å². The molecule has 0 fully saturated rings. The van der Waals surface area contributed by atoms with Crippen molar-refractivity contribution in [1.29, 1.82) is 0 Å². The van der Waals surface area contributed by atoms with Crippen molar-refractivity contribution in [2.24, 2.45) is 0 Å². The lowest BCUT2D eigenvalue weighted by Gasteiger charge is -2.21. The molecule has 2 nitrogen and oxygen atoms in total. The molecular weight excluding hydrogens is 362 g/mol. The van der Waals surface area contributed by atoms with Crippen molar-refractivity contribution in [2.45, 2.75) is 50.8 Å². The van der Waals surface area contributed by atoms with E-state index in [1.807, 2.05) is 24.3 Å². The molecule has 4 heteroatoms. The van der Waals surface area contributed by atoms with Gasteiger partial charge in [-0.1, -0.05) is 54.9 Å². The molecule has 2 aromatic rings. The molecule has 0 saturated heterocycles. The second kappa shape index (κ2) is 9.48. The molecule has 138 valence electrons. The molecule has 0 bridgehead atoms. The summed E-state index contributed by atoms with van der Waals surface area (Å²) in [6, 6.07) is 14.6. The zero-order valence-electron chi connectivity index (χ0n) is 15.3. The molecule has 0 heterocycles. The van der Waals surface area contributed by atoms with Gasteiger partial charge in [0, 0.05) is 10.8 Å². The summed E-state index contributed by atoms with van der Waals surface area (Å²) in [5, 5.41) is 3.96. The largest absolute Gasteiger partial charge is 0.349 e. The van der Waals surface area contributed by atoms with Crippen LogP contribution < -0.4 is 5.32 Å². The maximum Gasteiger partial charge on any atom is 0.230 e. The predicted octanol–water partition coefficient (Wildman–Crippen LogP) is 5.72. The minimum Gasteiger partial charge on any atom is -0.349 e. The Bertz CT molecular complexity index is 762. The molecule has 0 unspecified atom stereocenters. The second-order valence-corrected chi connectivity index (χ2v) is 8.24. The Hall–Kier alpha value is -1.45. The van der Waals surface area contributed by atoms with E-state index in [9.17, 15) is 4.79 Å². The lowest BCUT2D eigenvalue weighted by Crippen LogP contribution is -2.29. The van der Waals surface area contributed by atoms with E-state index in [2.05, 4.69) is 30.4 Å². The van der Waals surface area contributed by atoms with Crippen LogP contribution in [-0.4, -0.2) is 11.7 Å². The van der Waals surface area contributed by atoms with Crippen LogP contribution in [0.3, 0.4) is 0 Å². The molecule has 0 spiro atoms. The Balaban J connectivity index is 1.54. The highest BCUT2D eigenvalue weighted by molar-refractivity contribution is 7.99. The third-order valence-electron chi connectivity index (χ3n) is 4.97. The maximum atomic E-state index is 12.4. The summed E-state index contributed by atoms with van der Waals surface area (Å²) < 4.78 is 0. The van der Waals surface area contributed by atoms with Gasteiger partial charge in [0.2, 0.25) is 5.91 Å². The molecule has 1 aliphatic carbocycles. The Labute approximate surface area is 165 Å². The van der Waals surface area contributed by atoms with E-state index in [4.69, 9.17) is 11.6 Å². The van der Waals surface area contributed by atoms with E-state index in [1.165, 1.54) is 42.4 Å². The SMILES string of the molecule is CC[C@H](NC(=O)CSCc1ccccc1Cl)c1ccc2c(c1)CCCC2. The van der Waals surface area contributed by atoms with Crippen LogP contribution in [0.5, 0.6) is 0 Å². The normalized spacial score (nSPS) is 14.5. The Kier molecular flexibility index (Phi) is 7.04. The summed E-state index contributed by atoms with van der Waals surface area (Å²) in [5.41, 5.74) is 5.26. The molecule has 0 aromatic heterocycles. The number of carbonyl (C=O) groups excluding carboxylic acids is 1. The molecule has 0 radical (unpaired) electrons. The van der Waals surface area contributed by atoms with Gasteiger partial charge in [-0.05, 0) is 60.4 Å². The number of benzene rings is 2. The van der Waals surface area contributed by atoms with E-state index in [1.54, 1.807) is 11.8 Å². The Morgan fingerprint density at radius 3 is 2.69 bits per heavy atom. The molecule has 2 aromatic carbocycles. The lowest BCUT2D eigenvalue weighted by molar-refractivity contribution is -0.119. The van der Waals surface area contributed by atoms with E-state index in [-0.39, 0.29) is 11.9 Å². The first-order valence-electron chi connectivity index (χ1n) is 9.39. The number of aryl methyl sites for hydroxylation is 2. The van der Waals surface area contributed by atoms with Gasteiger partial charge in [0.05, 0.1) is 11.8 Å². The molecule has 26 heavy (non-hydrogen) atoms. The third kappa shape index (κ3) is 5.05. The standard InChI is InChI=1S/C22H26ClNOS/c1-2-21(18-12-11-16-7-3-4-8-17(16)13-18)24-22(25)15-26-14-19-9-5-6-10-20(19)23/h5-6,9-13,21H,2-4,7-8,14-15H2,1H3,(H,24,25)/t21-/m0/s1. The summed E-state index contributed by atoms with van der Waals surface area (Å²) >= 11 is 7.77. The predicted molar refractivity (Wildman–Crippen MR) is 112 cm³/mol.